The van der Waals surface area contributed by atoms with Gasteiger partial charge in [-0.2, -0.15) is 0 Å². The van der Waals surface area contributed by atoms with Crippen molar-refractivity contribution < 1.29 is 63.0 Å². The lowest BCUT2D eigenvalue weighted by Crippen LogP contribution is -2.59. The summed E-state index contributed by atoms with van der Waals surface area (Å²) in [5.41, 5.74) is 29.9. The van der Waals surface area contributed by atoms with Gasteiger partial charge in [-0.25, -0.2) is 0 Å². The number of aliphatic hydroxyl groups is 2. The van der Waals surface area contributed by atoms with Gasteiger partial charge in [0.05, 0.1) is 24.2 Å². The number of amides is 8. The van der Waals surface area contributed by atoms with Crippen molar-refractivity contribution >= 4 is 76.2 Å². The van der Waals surface area contributed by atoms with Crippen LogP contribution in [0, 0.1) is 29.6 Å². The van der Waals surface area contributed by atoms with Crippen LogP contribution in [0.25, 0.3) is 0 Å². The van der Waals surface area contributed by atoms with Crippen molar-refractivity contribution in [3.8, 4) is 0 Å². The number of halogens is 1. The summed E-state index contributed by atoms with van der Waals surface area (Å²) in [4.78, 5) is 145. The number of nitrogens with two attached hydrogens (primary N) is 5. The van der Waals surface area contributed by atoms with E-state index in [0.29, 0.717) is 16.1 Å². The van der Waals surface area contributed by atoms with Crippen molar-refractivity contribution in [2.24, 2.45) is 58.3 Å². The fraction of sp³-hybridized carbons (Fsp3) is 0.617. The van der Waals surface area contributed by atoms with E-state index in [1.54, 1.807) is 61.5 Å². The Labute approximate surface area is 515 Å². The molecule has 20 N–H and O–H groups in total. The van der Waals surface area contributed by atoms with E-state index in [-0.39, 0.29) is 128 Å². The van der Waals surface area contributed by atoms with Gasteiger partial charge in [0, 0.05) is 68.5 Å². The molecule has 11 unspecified atom stereocenters. The standard InChI is InChI=1S/C37H61N9O8.C23H35ClN4O5/c1-21(2)18-29-36(53)44-28(12-16-40)34(51)42-26(10-14-38)31(48)20-25(23(4)47)33(50)41-17-13-22(3)32(49)43-27(11-15-39)35(52)46-30(37(54)45-29)19-24-8-6-5-7-9-24;1-14(29)21(20(31)13-17(8-10-26)22(32)27-2)28-23(33)16(7-9-25)12-18(30)11-15-5-3-4-6-19(15)24/h5-9,21-23,25-30,47H,10-20,38-40H2,1-4H3,(H,41,50)(H,42,51)(H,43,49)(H,44,53)(H,45,54)(H,46,52);3-6,14,16-17,21,29H,7-13,25-26H2,1-2H3,(H,27,32)(H,28,33)/t22?,23?,25?,26?,27?,28?,29?,30-;/m1./s1. The fourth-order valence-electron chi connectivity index (χ4n) is 9.60. The van der Waals surface area contributed by atoms with Crippen LogP contribution >= 0.6 is 11.6 Å². The van der Waals surface area contributed by atoms with Crippen LogP contribution in [-0.4, -0.2) is 170 Å². The maximum absolute atomic E-state index is 14.0. The highest BCUT2D eigenvalue weighted by Gasteiger charge is 2.36. The van der Waals surface area contributed by atoms with E-state index in [4.69, 9.17) is 40.3 Å². The Kier molecular flexibility index (Phi) is 35.6. The quantitative estimate of drug-likeness (QED) is 0.0494. The van der Waals surface area contributed by atoms with Gasteiger partial charge in [-0.05, 0) is 115 Å². The molecule has 1 heterocycles. The number of nitrogens with one attached hydrogen (secondary N) is 8. The summed E-state index contributed by atoms with van der Waals surface area (Å²) in [7, 11) is 1.46. The molecule has 0 radical (unpaired) electrons. The number of benzene rings is 2. The molecular formula is C60H96ClN13O13. The first-order valence-electron chi connectivity index (χ1n) is 29.8. The zero-order chi connectivity index (χ0) is 65.3. The summed E-state index contributed by atoms with van der Waals surface area (Å²) in [5.74, 6) is -9.40. The molecule has 12 atom stereocenters. The van der Waals surface area contributed by atoms with E-state index in [2.05, 4.69) is 42.5 Å². The molecule has 0 spiro atoms. The lowest BCUT2D eigenvalue weighted by atomic mass is 9.91. The van der Waals surface area contributed by atoms with E-state index in [9.17, 15) is 63.0 Å². The molecule has 1 aliphatic rings. The number of hydrogen-bond acceptors (Lipinski definition) is 18. The second-order valence-corrected chi connectivity index (χ2v) is 22.8. The molecule has 0 aromatic heterocycles. The van der Waals surface area contributed by atoms with Crippen LogP contribution in [0.2, 0.25) is 5.02 Å². The molecular weight excluding hydrogens is 1150 g/mol. The highest BCUT2D eigenvalue weighted by atomic mass is 35.5. The van der Waals surface area contributed by atoms with Gasteiger partial charge in [0.15, 0.2) is 11.6 Å². The second-order valence-electron chi connectivity index (χ2n) is 22.4. The minimum Gasteiger partial charge on any atom is -0.393 e. The van der Waals surface area contributed by atoms with Gasteiger partial charge >= 0.3 is 0 Å². The largest absolute Gasteiger partial charge is 0.393 e. The Morgan fingerprint density at radius 1 is 0.621 bits per heavy atom. The van der Waals surface area contributed by atoms with E-state index in [1.165, 1.54) is 20.9 Å². The fourth-order valence-corrected chi connectivity index (χ4v) is 9.80. The van der Waals surface area contributed by atoms with Gasteiger partial charge in [-0.15, -0.1) is 0 Å². The summed E-state index contributed by atoms with van der Waals surface area (Å²) in [5, 5.41) is 42.2. The molecule has 27 heteroatoms. The number of rotatable bonds is 26. The number of ketones is 3. The SMILES string of the molecule is CC(C)CC1NC(=O)[C@@H](Cc2ccccc2)NC(=O)C(CCN)NC(=O)C(C)CCNC(=O)C(C(C)O)CC(=O)C(CCN)NC(=O)C(CCN)NC1=O.CNC(=O)C(CCN)CC(=O)C(NC(=O)C(CCN)CC(=O)Cc1ccccc1Cl)C(C)O. The lowest BCUT2D eigenvalue weighted by Gasteiger charge is -2.28. The third kappa shape index (κ3) is 27.4. The number of hydrogen-bond donors (Lipinski definition) is 15. The number of Topliss-reactive ketones (excluding diaryl/α,β-unsaturated/α-hetero) is 3. The van der Waals surface area contributed by atoms with E-state index in [1.807, 2.05) is 13.8 Å². The highest BCUT2D eigenvalue weighted by Crippen LogP contribution is 2.20. The van der Waals surface area contributed by atoms with Crippen molar-refractivity contribution in [2.75, 3.05) is 46.3 Å². The van der Waals surface area contributed by atoms with Crippen molar-refractivity contribution in [1.29, 1.82) is 0 Å². The second kappa shape index (κ2) is 40.6. The Balaban J connectivity index is 0.000000668. The van der Waals surface area contributed by atoms with Crippen molar-refractivity contribution in [3.63, 3.8) is 0 Å². The van der Waals surface area contributed by atoms with Gasteiger partial charge in [0.2, 0.25) is 47.3 Å². The van der Waals surface area contributed by atoms with Gasteiger partial charge in [-0.3, -0.25) is 52.7 Å². The molecule has 26 nitrogen and oxygen atoms in total. The van der Waals surface area contributed by atoms with Crippen molar-refractivity contribution in [1.82, 2.24) is 42.5 Å². The molecule has 0 aliphatic carbocycles. The van der Waals surface area contributed by atoms with Crippen LogP contribution in [0.15, 0.2) is 54.6 Å². The van der Waals surface area contributed by atoms with E-state index < -0.39 is 131 Å². The van der Waals surface area contributed by atoms with Crippen LogP contribution in [0.4, 0.5) is 0 Å². The monoisotopic (exact) mass is 1240 g/mol. The average Bonchev–Trinajstić information content (AvgIpc) is 3.53. The first-order valence-corrected chi connectivity index (χ1v) is 30.2. The van der Waals surface area contributed by atoms with Crippen LogP contribution in [0.1, 0.15) is 110 Å². The maximum Gasteiger partial charge on any atom is 0.243 e. The molecule has 3 rings (SSSR count). The zero-order valence-electron chi connectivity index (χ0n) is 51.1. The molecule has 8 amide bonds. The van der Waals surface area contributed by atoms with Crippen molar-refractivity contribution in [2.45, 2.75) is 160 Å². The summed E-state index contributed by atoms with van der Waals surface area (Å²) in [6.07, 6.45) is -2.10. The topological polar surface area (TPSA) is 455 Å². The highest BCUT2D eigenvalue weighted by molar-refractivity contribution is 6.31. The smallest absolute Gasteiger partial charge is 0.243 e. The van der Waals surface area contributed by atoms with Crippen LogP contribution < -0.4 is 71.2 Å². The molecule has 1 saturated heterocycles. The first-order chi connectivity index (χ1) is 41.2. The first kappa shape index (κ1) is 76.3. The summed E-state index contributed by atoms with van der Waals surface area (Å²) in [6, 6.07) is 8.88. The zero-order valence-corrected chi connectivity index (χ0v) is 51.8. The summed E-state index contributed by atoms with van der Waals surface area (Å²) in [6.45, 7) is 8.47. The average molecular weight is 1240 g/mol. The number of carbonyl (C=O) groups is 11. The predicted molar refractivity (Wildman–Crippen MR) is 328 cm³/mol. The van der Waals surface area contributed by atoms with Crippen molar-refractivity contribution in [3.05, 3.63) is 70.7 Å². The molecule has 2 aromatic rings. The normalized spacial score (nSPS) is 22.2. The van der Waals surface area contributed by atoms with Gasteiger partial charge in [-0.1, -0.05) is 80.9 Å². The number of carbonyl (C=O) groups excluding carboxylic acids is 11. The molecule has 486 valence electrons. The summed E-state index contributed by atoms with van der Waals surface area (Å²) >= 11 is 6.11. The Morgan fingerprint density at radius 2 is 1.11 bits per heavy atom. The van der Waals surface area contributed by atoms with E-state index in [0.717, 1.165) is 0 Å². The van der Waals surface area contributed by atoms with Crippen LogP contribution in [0.3, 0.4) is 0 Å². The van der Waals surface area contributed by atoms with Crippen LogP contribution in [-0.2, 0) is 65.6 Å². The Morgan fingerprint density at radius 3 is 1.64 bits per heavy atom. The molecule has 0 saturated carbocycles. The summed E-state index contributed by atoms with van der Waals surface area (Å²) < 4.78 is 0. The molecule has 0 bridgehead atoms. The minimum atomic E-state index is -1.24. The minimum absolute atomic E-state index is 0.00537. The number of aliphatic hydroxyl groups excluding tert-OH is 2. The Hall–Kier alpha value is -6.78. The molecule has 87 heavy (non-hydrogen) atoms. The maximum atomic E-state index is 14.0. The van der Waals surface area contributed by atoms with Gasteiger partial charge in [0.1, 0.15) is 36.0 Å². The van der Waals surface area contributed by atoms with Gasteiger partial charge in [0.25, 0.3) is 0 Å². The predicted octanol–water partition coefficient (Wildman–Crippen LogP) is -1.80. The third-order valence-electron chi connectivity index (χ3n) is 14.7. The molecule has 1 fully saturated rings. The van der Waals surface area contributed by atoms with E-state index >= 15 is 0 Å². The van der Waals surface area contributed by atoms with Gasteiger partial charge < -0.3 is 81.4 Å². The molecule has 1 aliphatic heterocycles. The lowest BCUT2D eigenvalue weighted by molar-refractivity contribution is -0.136. The molecule has 2 aromatic carbocycles. The van der Waals surface area contributed by atoms with Crippen LogP contribution in [0.5, 0.6) is 0 Å². The Bertz CT molecular complexity index is 2560. The third-order valence-corrected chi connectivity index (χ3v) is 15.0.